The third-order valence-corrected chi connectivity index (χ3v) is 6.62. The first-order valence-corrected chi connectivity index (χ1v) is 12.3. The summed E-state index contributed by atoms with van der Waals surface area (Å²) in [7, 11) is 2.65. The summed E-state index contributed by atoms with van der Waals surface area (Å²) in [4.78, 5) is 42.0. The summed E-state index contributed by atoms with van der Waals surface area (Å²) in [5.74, 6) is -1.33. The van der Waals surface area contributed by atoms with E-state index in [-0.39, 0.29) is 25.6 Å². The van der Waals surface area contributed by atoms with E-state index in [1.807, 2.05) is 36.4 Å². The van der Waals surface area contributed by atoms with Gasteiger partial charge in [-0.2, -0.15) is 0 Å². The Kier molecular flexibility index (Phi) is 8.29. The van der Waals surface area contributed by atoms with Crippen LogP contribution in [0.3, 0.4) is 0 Å². The number of aromatic nitrogens is 1. The lowest BCUT2D eigenvalue weighted by Gasteiger charge is -2.22. The highest BCUT2D eigenvalue weighted by atomic mass is 32.1. The summed E-state index contributed by atoms with van der Waals surface area (Å²) < 4.78 is 15.5. The second-order valence-electron chi connectivity index (χ2n) is 8.25. The molecule has 0 saturated carbocycles. The van der Waals surface area contributed by atoms with Crippen LogP contribution in [-0.2, 0) is 30.2 Å². The molecular formula is C26H27N3O6S. The maximum Gasteiger partial charge on any atom is 0.407 e. The van der Waals surface area contributed by atoms with Crippen molar-refractivity contribution >= 4 is 29.3 Å². The largest absolute Gasteiger partial charge is 0.467 e. The van der Waals surface area contributed by atoms with Crippen molar-refractivity contribution in [3.8, 4) is 11.1 Å². The van der Waals surface area contributed by atoms with Gasteiger partial charge in [-0.1, -0.05) is 48.5 Å². The first-order chi connectivity index (χ1) is 17.5. The Morgan fingerprint density at radius 3 is 2.22 bits per heavy atom. The van der Waals surface area contributed by atoms with Gasteiger partial charge < -0.3 is 24.8 Å². The van der Waals surface area contributed by atoms with Gasteiger partial charge in [-0.15, -0.1) is 11.3 Å². The van der Waals surface area contributed by atoms with E-state index >= 15 is 0 Å². The highest BCUT2D eigenvalue weighted by Crippen LogP contribution is 2.44. The fourth-order valence-electron chi connectivity index (χ4n) is 4.29. The van der Waals surface area contributed by atoms with E-state index in [1.165, 1.54) is 25.6 Å². The molecule has 0 spiro atoms. The molecule has 9 nitrogen and oxygen atoms in total. The van der Waals surface area contributed by atoms with Gasteiger partial charge in [0.25, 0.3) is 0 Å². The summed E-state index contributed by atoms with van der Waals surface area (Å²) in [6.45, 7) is -0.00356. The van der Waals surface area contributed by atoms with Crippen molar-refractivity contribution in [3.63, 3.8) is 0 Å². The number of alkyl carbamates (subject to hydrolysis) is 1. The second-order valence-corrected chi connectivity index (χ2v) is 8.96. The molecule has 2 aromatic carbocycles. The van der Waals surface area contributed by atoms with E-state index in [9.17, 15) is 14.4 Å². The van der Waals surface area contributed by atoms with Crippen molar-refractivity contribution in [2.45, 2.75) is 24.4 Å². The molecule has 2 amide bonds. The highest BCUT2D eigenvalue weighted by molar-refractivity contribution is 7.07. The van der Waals surface area contributed by atoms with Crippen LogP contribution in [0.4, 0.5) is 4.79 Å². The molecule has 1 aliphatic carbocycles. The van der Waals surface area contributed by atoms with Gasteiger partial charge in [0.1, 0.15) is 18.7 Å². The molecule has 0 saturated heterocycles. The first-order valence-electron chi connectivity index (χ1n) is 11.4. The summed E-state index contributed by atoms with van der Waals surface area (Å²) >= 11 is 1.38. The van der Waals surface area contributed by atoms with Gasteiger partial charge in [0.2, 0.25) is 5.91 Å². The maximum absolute atomic E-state index is 12.9. The number of carbonyl (C=O) groups excluding carboxylic acids is 3. The van der Waals surface area contributed by atoms with Crippen LogP contribution in [0.2, 0.25) is 0 Å². The van der Waals surface area contributed by atoms with E-state index < -0.39 is 30.1 Å². The molecule has 3 aromatic rings. The van der Waals surface area contributed by atoms with Crippen LogP contribution in [0.25, 0.3) is 11.1 Å². The van der Waals surface area contributed by atoms with Crippen molar-refractivity contribution in [3.05, 3.63) is 76.2 Å². The summed E-state index contributed by atoms with van der Waals surface area (Å²) in [5.41, 5.74) is 6.68. The van der Waals surface area contributed by atoms with Crippen LogP contribution in [0, 0.1) is 0 Å². The van der Waals surface area contributed by atoms with E-state index in [2.05, 4.69) is 27.8 Å². The number of ether oxygens (including phenoxy) is 3. The molecule has 36 heavy (non-hydrogen) atoms. The molecule has 0 aliphatic heterocycles. The van der Waals surface area contributed by atoms with Gasteiger partial charge in [0.15, 0.2) is 0 Å². The number of amides is 2. The molecule has 188 valence electrons. The number of hydrogen-bond acceptors (Lipinski definition) is 8. The molecule has 2 N–H and O–H groups in total. The average Bonchev–Trinajstić information content (AvgIpc) is 3.52. The van der Waals surface area contributed by atoms with Crippen molar-refractivity contribution in [2.75, 3.05) is 27.4 Å². The summed E-state index contributed by atoms with van der Waals surface area (Å²) in [5, 5.41) is 6.95. The number of thiazole rings is 1. The number of hydrogen-bond donors (Lipinski definition) is 2. The smallest absolute Gasteiger partial charge is 0.407 e. The second kappa shape index (κ2) is 11.8. The van der Waals surface area contributed by atoms with E-state index in [0.29, 0.717) is 5.69 Å². The molecule has 0 fully saturated rings. The highest BCUT2D eigenvalue weighted by Gasteiger charge is 2.31. The SMILES string of the molecule is COC[C@@H](NC(=O)OCC1c2ccccc2-c2ccccc21)C(=O)N[C@@H](Cc1cscn1)C(=O)OC. The van der Waals surface area contributed by atoms with Gasteiger partial charge >= 0.3 is 12.1 Å². The molecule has 0 unspecified atom stereocenters. The number of fused-ring (bicyclic) bond motifs is 3. The minimum absolute atomic E-state index is 0.107. The molecule has 10 heteroatoms. The molecule has 1 aromatic heterocycles. The van der Waals surface area contributed by atoms with Crippen LogP contribution in [-0.4, -0.2) is 62.5 Å². The van der Waals surface area contributed by atoms with Crippen LogP contribution < -0.4 is 10.6 Å². The lowest BCUT2D eigenvalue weighted by molar-refractivity contribution is -0.145. The Hall–Kier alpha value is -3.76. The van der Waals surface area contributed by atoms with Crippen molar-refractivity contribution < 1.29 is 28.6 Å². The van der Waals surface area contributed by atoms with Gasteiger partial charge in [0, 0.05) is 24.8 Å². The quantitative estimate of drug-likeness (QED) is 0.404. The van der Waals surface area contributed by atoms with Crippen LogP contribution in [0.15, 0.2) is 59.4 Å². The van der Waals surface area contributed by atoms with Crippen LogP contribution in [0.1, 0.15) is 22.7 Å². The number of nitrogens with zero attached hydrogens (tertiary/aromatic N) is 1. The number of methoxy groups -OCH3 is 2. The fourth-order valence-corrected chi connectivity index (χ4v) is 4.86. The zero-order chi connectivity index (χ0) is 25.5. The van der Waals surface area contributed by atoms with E-state index in [1.54, 1.807) is 10.9 Å². The van der Waals surface area contributed by atoms with Crippen LogP contribution in [0.5, 0.6) is 0 Å². The Morgan fingerprint density at radius 1 is 0.972 bits per heavy atom. The van der Waals surface area contributed by atoms with Crippen LogP contribution >= 0.6 is 11.3 Å². The van der Waals surface area contributed by atoms with E-state index in [4.69, 9.17) is 14.2 Å². The molecular weight excluding hydrogens is 482 g/mol. The molecule has 1 heterocycles. The predicted molar refractivity (Wildman–Crippen MR) is 134 cm³/mol. The summed E-state index contributed by atoms with van der Waals surface area (Å²) in [6, 6.07) is 14.0. The standard InChI is InChI=1S/C26H27N3O6S/c1-33-13-23(24(30)28-22(25(31)34-2)11-16-14-36-15-27-16)29-26(32)35-12-21-19-9-5-3-7-17(19)18-8-4-6-10-20(18)21/h3-10,14-15,21-23H,11-13H2,1-2H3,(H,28,30)(H,29,32)/t22-,23+/m0/s1. The third kappa shape index (κ3) is 5.72. The number of rotatable bonds is 10. The fraction of sp³-hybridized carbons (Fsp3) is 0.308. The van der Waals surface area contributed by atoms with Gasteiger partial charge in [0.05, 0.1) is 24.9 Å². The molecule has 4 rings (SSSR count). The first kappa shape index (κ1) is 25.3. The normalized spacial score (nSPS) is 13.7. The summed E-state index contributed by atoms with van der Waals surface area (Å²) in [6.07, 6.45) is -0.602. The van der Waals surface area contributed by atoms with Crippen molar-refractivity contribution in [1.82, 2.24) is 15.6 Å². The number of esters is 1. The number of carbonyl (C=O) groups is 3. The predicted octanol–water partition coefficient (Wildman–Crippen LogP) is 2.90. The minimum atomic E-state index is -1.08. The monoisotopic (exact) mass is 509 g/mol. The van der Waals surface area contributed by atoms with Crippen molar-refractivity contribution in [1.29, 1.82) is 0 Å². The zero-order valence-electron chi connectivity index (χ0n) is 19.9. The Labute approximate surface area is 212 Å². The van der Waals surface area contributed by atoms with E-state index in [0.717, 1.165) is 22.3 Å². The molecule has 1 aliphatic rings. The Morgan fingerprint density at radius 2 is 1.64 bits per heavy atom. The van der Waals surface area contributed by atoms with Crippen molar-refractivity contribution in [2.24, 2.45) is 0 Å². The lowest BCUT2D eigenvalue weighted by Crippen LogP contribution is -2.54. The maximum atomic E-state index is 12.9. The Balaban J connectivity index is 1.39. The average molecular weight is 510 g/mol. The van der Waals surface area contributed by atoms with Gasteiger partial charge in [-0.25, -0.2) is 14.6 Å². The van der Waals surface area contributed by atoms with Gasteiger partial charge in [-0.05, 0) is 22.3 Å². The zero-order valence-corrected chi connectivity index (χ0v) is 20.7. The van der Waals surface area contributed by atoms with Gasteiger partial charge in [-0.3, -0.25) is 4.79 Å². The Bertz CT molecular complexity index is 1170. The molecule has 2 atom stereocenters. The number of nitrogens with one attached hydrogen (secondary N) is 2. The lowest BCUT2D eigenvalue weighted by atomic mass is 9.98. The third-order valence-electron chi connectivity index (χ3n) is 5.98. The topological polar surface area (TPSA) is 116 Å². The number of benzene rings is 2. The molecule has 0 bridgehead atoms. The molecule has 0 radical (unpaired) electrons. The minimum Gasteiger partial charge on any atom is -0.467 e.